The van der Waals surface area contributed by atoms with Crippen LogP contribution in [0.25, 0.3) is 0 Å². The summed E-state index contributed by atoms with van der Waals surface area (Å²) >= 11 is 0. The van der Waals surface area contributed by atoms with Gasteiger partial charge in [-0.2, -0.15) is 0 Å². The molecule has 104 valence electrons. The average Bonchev–Trinajstić information content (AvgIpc) is 2.58. The minimum absolute atomic E-state index is 0.0693. The average molecular weight is 275 g/mol. The Bertz CT molecular complexity index is 399. The van der Waals surface area contributed by atoms with Gasteiger partial charge >= 0.3 is 0 Å². The van der Waals surface area contributed by atoms with E-state index >= 15 is 0 Å². The predicted octanol–water partition coefficient (Wildman–Crippen LogP) is -1.29. The summed E-state index contributed by atoms with van der Waals surface area (Å²) in [6, 6.07) is 0. The molecule has 0 aromatic heterocycles. The lowest BCUT2D eigenvalue weighted by molar-refractivity contribution is -0.131. The first-order valence-electron chi connectivity index (χ1n) is 6.42. The van der Waals surface area contributed by atoms with E-state index in [0.717, 1.165) is 32.6 Å². The molecule has 2 heterocycles. The Morgan fingerprint density at radius 1 is 1.17 bits per heavy atom. The molecule has 0 atom stereocenters. The molecular weight excluding hydrogens is 254 g/mol. The summed E-state index contributed by atoms with van der Waals surface area (Å²) in [5, 5.41) is 3.28. The van der Waals surface area contributed by atoms with Crippen molar-refractivity contribution >= 4 is 15.7 Å². The van der Waals surface area contributed by atoms with Crippen LogP contribution in [-0.4, -0.2) is 62.4 Å². The zero-order valence-corrected chi connectivity index (χ0v) is 11.3. The number of hydrogen-bond donors (Lipinski definition) is 2. The highest BCUT2D eigenvalue weighted by atomic mass is 32.2. The summed E-state index contributed by atoms with van der Waals surface area (Å²) < 4.78 is 23.1. The molecule has 2 rings (SSSR count). The topological polar surface area (TPSA) is 92.5 Å². The lowest BCUT2D eigenvalue weighted by atomic mass is 9.89. The summed E-state index contributed by atoms with van der Waals surface area (Å²) in [7, 11) is -2.99. The van der Waals surface area contributed by atoms with E-state index in [4.69, 9.17) is 5.73 Å². The molecule has 2 aliphatic heterocycles. The van der Waals surface area contributed by atoms with Crippen LogP contribution in [-0.2, 0) is 14.6 Å². The van der Waals surface area contributed by atoms with Crippen LogP contribution in [0.1, 0.15) is 19.3 Å². The SMILES string of the molecule is NC(=O)C1(N2CCCNCC2)CCS(=O)(=O)CC1. The van der Waals surface area contributed by atoms with Gasteiger partial charge in [-0.3, -0.25) is 9.69 Å². The van der Waals surface area contributed by atoms with Gasteiger partial charge in [0, 0.05) is 19.6 Å². The summed E-state index contributed by atoms with van der Waals surface area (Å²) in [5.74, 6) is -0.237. The van der Waals surface area contributed by atoms with Crippen molar-refractivity contribution < 1.29 is 13.2 Å². The van der Waals surface area contributed by atoms with Gasteiger partial charge in [0.05, 0.1) is 11.5 Å². The third-order valence-electron chi connectivity index (χ3n) is 4.06. The molecule has 0 radical (unpaired) electrons. The number of carbonyl (C=O) groups is 1. The monoisotopic (exact) mass is 275 g/mol. The number of nitrogens with two attached hydrogens (primary N) is 1. The number of primary amides is 1. The van der Waals surface area contributed by atoms with Gasteiger partial charge in [0.1, 0.15) is 15.4 Å². The molecule has 3 N–H and O–H groups in total. The van der Waals surface area contributed by atoms with E-state index in [1.165, 1.54) is 0 Å². The Morgan fingerprint density at radius 3 is 2.44 bits per heavy atom. The third-order valence-corrected chi connectivity index (χ3v) is 5.71. The van der Waals surface area contributed by atoms with Crippen LogP contribution < -0.4 is 11.1 Å². The van der Waals surface area contributed by atoms with E-state index in [-0.39, 0.29) is 17.4 Å². The van der Waals surface area contributed by atoms with Gasteiger partial charge in [-0.25, -0.2) is 8.42 Å². The Labute approximate surface area is 108 Å². The minimum atomic E-state index is -2.99. The molecule has 0 aliphatic carbocycles. The number of hydrogen-bond acceptors (Lipinski definition) is 5. The van der Waals surface area contributed by atoms with Crippen LogP contribution in [0.2, 0.25) is 0 Å². The van der Waals surface area contributed by atoms with Gasteiger partial charge < -0.3 is 11.1 Å². The Hall–Kier alpha value is -0.660. The van der Waals surface area contributed by atoms with Gasteiger partial charge in [-0.05, 0) is 25.8 Å². The molecule has 0 aromatic carbocycles. The first-order chi connectivity index (χ1) is 8.46. The highest BCUT2D eigenvalue weighted by molar-refractivity contribution is 7.91. The fraction of sp³-hybridized carbons (Fsp3) is 0.909. The molecule has 0 unspecified atom stereocenters. The molecular formula is C11H21N3O3S. The van der Waals surface area contributed by atoms with Crippen LogP contribution >= 0.6 is 0 Å². The number of nitrogens with zero attached hydrogens (tertiary/aromatic N) is 1. The summed E-state index contributed by atoms with van der Waals surface area (Å²) in [6.45, 7) is 3.31. The maximum Gasteiger partial charge on any atom is 0.238 e. The molecule has 6 nitrogen and oxygen atoms in total. The van der Waals surface area contributed by atoms with Crippen LogP contribution in [0.4, 0.5) is 0 Å². The fourth-order valence-corrected chi connectivity index (χ4v) is 4.37. The van der Waals surface area contributed by atoms with E-state index in [1.54, 1.807) is 0 Å². The van der Waals surface area contributed by atoms with Gasteiger partial charge in [-0.15, -0.1) is 0 Å². The van der Waals surface area contributed by atoms with Gasteiger partial charge in [0.15, 0.2) is 0 Å². The van der Waals surface area contributed by atoms with Crippen LogP contribution in [0.5, 0.6) is 0 Å². The van der Waals surface area contributed by atoms with Crippen molar-refractivity contribution in [3.63, 3.8) is 0 Å². The predicted molar refractivity (Wildman–Crippen MR) is 68.9 cm³/mol. The van der Waals surface area contributed by atoms with E-state index < -0.39 is 15.4 Å². The lowest BCUT2D eigenvalue weighted by Gasteiger charge is -2.43. The first kappa shape index (κ1) is 13.8. The van der Waals surface area contributed by atoms with Crippen molar-refractivity contribution in [2.75, 3.05) is 37.7 Å². The third kappa shape index (κ3) is 2.67. The molecule has 1 amide bonds. The zero-order chi connectivity index (χ0) is 13.2. The summed E-state index contributed by atoms with van der Waals surface area (Å²) in [4.78, 5) is 14.0. The Kier molecular flexibility index (Phi) is 3.93. The second kappa shape index (κ2) is 5.14. The molecule has 2 saturated heterocycles. The second-order valence-corrected chi connectivity index (χ2v) is 7.44. The molecule has 0 aromatic rings. The van der Waals surface area contributed by atoms with E-state index in [2.05, 4.69) is 10.2 Å². The number of amides is 1. The minimum Gasteiger partial charge on any atom is -0.368 e. The Morgan fingerprint density at radius 2 is 1.83 bits per heavy atom. The highest BCUT2D eigenvalue weighted by Crippen LogP contribution is 2.30. The van der Waals surface area contributed by atoms with Crippen LogP contribution in [0, 0.1) is 0 Å². The largest absolute Gasteiger partial charge is 0.368 e. The second-order valence-electron chi connectivity index (χ2n) is 5.14. The fourth-order valence-electron chi connectivity index (χ4n) is 2.87. The van der Waals surface area contributed by atoms with Gasteiger partial charge in [0.2, 0.25) is 5.91 Å². The molecule has 0 saturated carbocycles. The molecule has 7 heteroatoms. The zero-order valence-electron chi connectivity index (χ0n) is 10.5. The molecule has 0 spiro atoms. The van der Waals surface area contributed by atoms with Crippen LogP contribution in [0.3, 0.4) is 0 Å². The quantitative estimate of drug-likeness (QED) is 0.654. The molecule has 0 bridgehead atoms. The van der Waals surface area contributed by atoms with E-state index in [9.17, 15) is 13.2 Å². The summed E-state index contributed by atoms with van der Waals surface area (Å²) in [6.07, 6.45) is 1.64. The first-order valence-corrected chi connectivity index (χ1v) is 8.25. The molecule has 18 heavy (non-hydrogen) atoms. The van der Waals surface area contributed by atoms with Crippen molar-refractivity contribution in [3.05, 3.63) is 0 Å². The van der Waals surface area contributed by atoms with Crippen molar-refractivity contribution in [2.45, 2.75) is 24.8 Å². The number of nitrogens with one attached hydrogen (secondary N) is 1. The summed E-state index contributed by atoms with van der Waals surface area (Å²) in [5.41, 5.74) is 4.82. The highest BCUT2D eigenvalue weighted by Gasteiger charge is 2.46. The Balaban J connectivity index is 2.19. The molecule has 2 aliphatic rings. The van der Waals surface area contributed by atoms with Crippen LogP contribution in [0.15, 0.2) is 0 Å². The number of carbonyl (C=O) groups excluding carboxylic acids is 1. The molecule has 2 fully saturated rings. The maximum absolute atomic E-state index is 11.9. The standard InChI is InChI=1S/C11H21N3O3S/c12-10(15)11(2-8-18(16,17)9-3-11)14-6-1-4-13-5-7-14/h13H,1-9H2,(H2,12,15). The maximum atomic E-state index is 11.9. The van der Waals surface area contributed by atoms with Crippen molar-refractivity contribution in [2.24, 2.45) is 5.73 Å². The van der Waals surface area contributed by atoms with Crippen molar-refractivity contribution in [1.29, 1.82) is 0 Å². The van der Waals surface area contributed by atoms with Crippen molar-refractivity contribution in [3.8, 4) is 0 Å². The van der Waals surface area contributed by atoms with Gasteiger partial charge in [0.25, 0.3) is 0 Å². The smallest absolute Gasteiger partial charge is 0.238 e. The number of rotatable bonds is 2. The normalized spacial score (nSPS) is 28.4. The lowest BCUT2D eigenvalue weighted by Crippen LogP contribution is -2.61. The van der Waals surface area contributed by atoms with Gasteiger partial charge in [-0.1, -0.05) is 0 Å². The van der Waals surface area contributed by atoms with E-state index in [0.29, 0.717) is 12.8 Å². The van der Waals surface area contributed by atoms with Crippen molar-refractivity contribution in [1.82, 2.24) is 10.2 Å². The number of sulfone groups is 1. The van der Waals surface area contributed by atoms with E-state index in [1.807, 2.05) is 0 Å².